The molecule has 0 radical (unpaired) electrons. The fourth-order valence-electron chi connectivity index (χ4n) is 2.28. The van der Waals surface area contributed by atoms with Gasteiger partial charge in [-0.2, -0.15) is 0 Å². The van der Waals surface area contributed by atoms with Gasteiger partial charge in [0.05, 0.1) is 5.71 Å². The van der Waals surface area contributed by atoms with E-state index in [9.17, 15) is 0 Å². The Hall–Kier alpha value is -0.530. The van der Waals surface area contributed by atoms with E-state index in [1.165, 1.54) is 5.71 Å². The molecule has 0 aromatic carbocycles. The molecule has 94 valence electrons. The van der Waals surface area contributed by atoms with Crippen LogP contribution in [-0.2, 0) is 4.84 Å². The normalized spacial score (nSPS) is 26.6. The number of hydrogen-bond donors (Lipinski definition) is 0. The zero-order chi connectivity index (χ0) is 12.6. The van der Waals surface area contributed by atoms with Gasteiger partial charge < -0.3 is 4.84 Å². The third kappa shape index (κ3) is 4.15. The smallest absolute Gasteiger partial charge is 0.136 e. The highest BCUT2D eigenvalue weighted by molar-refractivity contribution is 5.85. The van der Waals surface area contributed by atoms with Crippen molar-refractivity contribution in [1.29, 1.82) is 0 Å². The number of oxime groups is 1. The first kappa shape index (κ1) is 13.5. The molecule has 2 heteroatoms. The average molecular weight is 225 g/mol. The summed E-state index contributed by atoms with van der Waals surface area (Å²) in [5, 5.41) is 4.18. The van der Waals surface area contributed by atoms with Crippen LogP contribution in [0.2, 0.25) is 0 Å². The summed E-state index contributed by atoms with van der Waals surface area (Å²) in [5.74, 6) is 0.499. The van der Waals surface area contributed by atoms with E-state index in [1.54, 1.807) is 0 Å². The van der Waals surface area contributed by atoms with E-state index in [-0.39, 0.29) is 6.10 Å². The summed E-state index contributed by atoms with van der Waals surface area (Å²) in [6.45, 7) is 15.7. The molecule has 0 N–H and O–H groups in total. The van der Waals surface area contributed by atoms with Crippen LogP contribution in [0.1, 0.15) is 61.3 Å². The minimum atomic E-state index is 0.277. The first-order valence-corrected chi connectivity index (χ1v) is 6.29. The van der Waals surface area contributed by atoms with Crippen LogP contribution in [0.25, 0.3) is 0 Å². The maximum absolute atomic E-state index is 5.59. The Labute approximate surface area is 100 Å². The molecule has 2 nitrogen and oxygen atoms in total. The number of nitrogens with zero attached hydrogens (tertiary/aromatic N) is 1. The molecular formula is C14H27NO. The molecular weight excluding hydrogens is 198 g/mol. The van der Waals surface area contributed by atoms with Crippen molar-refractivity contribution in [2.75, 3.05) is 0 Å². The van der Waals surface area contributed by atoms with Gasteiger partial charge in [-0.3, -0.25) is 0 Å². The topological polar surface area (TPSA) is 21.6 Å². The lowest BCUT2D eigenvalue weighted by atomic mass is 9.76. The summed E-state index contributed by atoms with van der Waals surface area (Å²) >= 11 is 0. The van der Waals surface area contributed by atoms with Gasteiger partial charge in [0, 0.05) is 5.92 Å². The Morgan fingerprint density at radius 1 is 1.00 bits per heavy atom. The summed E-state index contributed by atoms with van der Waals surface area (Å²) in [5.41, 5.74) is 1.82. The number of rotatable bonds is 2. The largest absolute Gasteiger partial charge is 0.392 e. The molecule has 0 spiro atoms. The summed E-state index contributed by atoms with van der Waals surface area (Å²) in [7, 11) is 0. The second kappa shape index (κ2) is 4.38. The van der Waals surface area contributed by atoms with Crippen LogP contribution < -0.4 is 0 Å². The second-order valence-corrected chi connectivity index (χ2v) is 7.51. The fraction of sp³-hybridized carbons (Fsp3) is 0.929. The van der Waals surface area contributed by atoms with E-state index in [1.807, 2.05) is 0 Å². The second-order valence-electron chi connectivity index (χ2n) is 7.51. The maximum Gasteiger partial charge on any atom is 0.136 e. The monoisotopic (exact) mass is 225 g/mol. The van der Waals surface area contributed by atoms with Crippen LogP contribution in [0.5, 0.6) is 0 Å². The summed E-state index contributed by atoms with van der Waals surface area (Å²) in [4.78, 5) is 5.59. The predicted molar refractivity (Wildman–Crippen MR) is 69.6 cm³/mol. The molecule has 16 heavy (non-hydrogen) atoms. The molecule has 0 fully saturated rings. The van der Waals surface area contributed by atoms with Crippen molar-refractivity contribution in [3.63, 3.8) is 0 Å². The molecule has 0 amide bonds. The Bertz CT molecular complexity index is 267. The highest BCUT2D eigenvalue weighted by Gasteiger charge is 2.36. The van der Waals surface area contributed by atoms with Crippen molar-refractivity contribution in [1.82, 2.24) is 0 Å². The van der Waals surface area contributed by atoms with Crippen molar-refractivity contribution in [3.05, 3.63) is 0 Å². The van der Waals surface area contributed by atoms with Gasteiger partial charge in [-0.25, -0.2) is 0 Å². The summed E-state index contributed by atoms with van der Waals surface area (Å²) < 4.78 is 0. The minimum absolute atomic E-state index is 0.277. The Balaban J connectivity index is 2.67. The lowest BCUT2D eigenvalue weighted by Gasteiger charge is -2.29. The molecule has 0 saturated carbocycles. The molecule has 1 aliphatic rings. The zero-order valence-electron chi connectivity index (χ0n) is 11.9. The standard InChI is InChI=1S/C14H27NO/c1-10-11(8-13(2,3)4)12(16-15-10)9-14(5,6)7/h11-12H,8-9H2,1-7H3. The quantitative estimate of drug-likeness (QED) is 0.688. The third-order valence-corrected chi connectivity index (χ3v) is 2.96. The molecule has 0 aromatic heterocycles. The van der Waals surface area contributed by atoms with E-state index < -0.39 is 0 Å². The molecule has 1 rings (SSSR count). The van der Waals surface area contributed by atoms with Crippen LogP contribution in [-0.4, -0.2) is 11.8 Å². The van der Waals surface area contributed by atoms with E-state index in [0.717, 1.165) is 12.8 Å². The number of hydrogen-bond acceptors (Lipinski definition) is 2. The molecule has 0 aromatic rings. The van der Waals surface area contributed by atoms with Crippen LogP contribution in [0.3, 0.4) is 0 Å². The third-order valence-electron chi connectivity index (χ3n) is 2.96. The van der Waals surface area contributed by atoms with Crippen molar-refractivity contribution < 1.29 is 4.84 Å². The molecule has 1 aliphatic heterocycles. The SMILES string of the molecule is CC1=NOC(CC(C)(C)C)C1CC(C)(C)C. The maximum atomic E-state index is 5.59. The predicted octanol–water partition coefficient (Wildman–Crippen LogP) is 4.25. The average Bonchev–Trinajstić information content (AvgIpc) is 2.30. The fourth-order valence-corrected chi connectivity index (χ4v) is 2.28. The first-order chi connectivity index (χ1) is 7.08. The van der Waals surface area contributed by atoms with Gasteiger partial charge in [-0.15, -0.1) is 0 Å². The Morgan fingerprint density at radius 3 is 1.94 bits per heavy atom. The van der Waals surface area contributed by atoms with Crippen LogP contribution in [0, 0.1) is 16.7 Å². The van der Waals surface area contributed by atoms with Crippen LogP contribution >= 0.6 is 0 Å². The Morgan fingerprint density at radius 2 is 1.50 bits per heavy atom. The van der Waals surface area contributed by atoms with Crippen molar-refractivity contribution in [2.24, 2.45) is 21.9 Å². The minimum Gasteiger partial charge on any atom is -0.392 e. The van der Waals surface area contributed by atoms with Gasteiger partial charge >= 0.3 is 0 Å². The van der Waals surface area contributed by atoms with Crippen LogP contribution in [0.15, 0.2) is 5.16 Å². The highest BCUT2D eigenvalue weighted by Crippen LogP contribution is 2.36. The van der Waals surface area contributed by atoms with Crippen molar-refractivity contribution >= 4 is 5.71 Å². The Kier molecular flexibility index (Phi) is 3.71. The molecule has 0 aliphatic carbocycles. The van der Waals surface area contributed by atoms with Gasteiger partial charge in [-0.1, -0.05) is 46.7 Å². The lowest BCUT2D eigenvalue weighted by molar-refractivity contribution is 0.0232. The van der Waals surface area contributed by atoms with Gasteiger partial charge in [0.2, 0.25) is 0 Å². The molecule has 1 heterocycles. The van der Waals surface area contributed by atoms with Crippen molar-refractivity contribution in [3.8, 4) is 0 Å². The lowest BCUT2D eigenvalue weighted by Crippen LogP contribution is -2.30. The van der Waals surface area contributed by atoms with Gasteiger partial charge in [0.1, 0.15) is 6.10 Å². The van der Waals surface area contributed by atoms with E-state index in [2.05, 4.69) is 53.6 Å². The zero-order valence-corrected chi connectivity index (χ0v) is 11.9. The molecule has 0 saturated heterocycles. The van der Waals surface area contributed by atoms with Gasteiger partial charge in [0.15, 0.2) is 0 Å². The van der Waals surface area contributed by atoms with E-state index in [0.29, 0.717) is 16.7 Å². The first-order valence-electron chi connectivity index (χ1n) is 6.29. The summed E-state index contributed by atoms with van der Waals surface area (Å²) in [6.07, 6.45) is 2.51. The van der Waals surface area contributed by atoms with Gasteiger partial charge in [0.25, 0.3) is 0 Å². The summed E-state index contributed by atoms with van der Waals surface area (Å²) in [6, 6.07) is 0. The van der Waals surface area contributed by atoms with Crippen LogP contribution in [0.4, 0.5) is 0 Å². The molecule has 2 unspecified atom stereocenters. The van der Waals surface area contributed by atoms with E-state index in [4.69, 9.17) is 4.84 Å². The molecule has 2 atom stereocenters. The van der Waals surface area contributed by atoms with Crippen molar-refractivity contribution in [2.45, 2.75) is 67.4 Å². The highest BCUT2D eigenvalue weighted by atomic mass is 16.6. The molecule has 0 bridgehead atoms. The van der Waals surface area contributed by atoms with E-state index >= 15 is 0 Å². The van der Waals surface area contributed by atoms with Gasteiger partial charge in [-0.05, 0) is 30.6 Å².